The monoisotopic (exact) mass is 531 g/mol. The number of carbonyl (C=O) groups is 1. The van der Waals surface area contributed by atoms with Gasteiger partial charge in [-0.3, -0.25) is 9.10 Å². The Balaban J connectivity index is 1.80. The molecule has 0 saturated carbocycles. The highest BCUT2D eigenvalue weighted by Crippen LogP contribution is 2.24. The van der Waals surface area contributed by atoms with E-state index < -0.39 is 32.5 Å². The third-order valence-electron chi connectivity index (χ3n) is 4.57. The van der Waals surface area contributed by atoms with E-state index in [2.05, 4.69) is 21.2 Å². The highest BCUT2D eigenvalue weighted by molar-refractivity contribution is 9.10. The van der Waals surface area contributed by atoms with Crippen LogP contribution in [0.1, 0.15) is 0 Å². The number of amides is 1. The Kier molecular flexibility index (Phi) is 7.37. The predicted octanol–water partition coefficient (Wildman–Crippen LogP) is 1.87. The molecule has 0 spiro atoms. The molecule has 2 aromatic carbocycles. The lowest BCUT2D eigenvalue weighted by Crippen LogP contribution is -2.40. The molecule has 0 atom stereocenters. The van der Waals surface area contributed by atoms with Crippen molar-refractivity contribution in [2.75, 3.05) is 48.7 Å². The Bertz CT molecular complexity index is 1150. The summed E-state index contributed by atoms with van der Waals surface area (Å²) in [4.78, 5) is 12.5. The zero-order valence-corrected chi connectivity index (χ0v) is 19.9. The summed E-state index contributed by atoms with van der Waals surface area (Å²) in [7, 11) is -7.51. The van der Waals surface area contributed by atoms with Gasteiger partial charge in [-0.2, -0.15) is 4.31 Å². The van der Waals surface area contributed by atoms with Crippen LogP contribution in [0.25, 0.3) is 0 Å². The number of ether oxygens (including phenoxy) is 1. The summed E-state index contributed by atoms with van der Waals surface area (Å²) in [5.74, 6) is -0.540. The summed E-state index contributed by atoms with van der Waals surface area (Å²) in [6.07, 6.45) is 0.983. The van der Waals surface area contributed by atoms with Crippen LogP contribution in [0.2, 0.25) is 0 Å². The molecule has 2 aromatic rings. The Hall–Kier alpha value is -1.99. The summed E-state index contributed by atoms with van der Waals surface area (Å²) in [5, 5.41) is 2.65. The Labute approximate surface area is 190 Å². The minimum atomic E-state index is -3.80. The van der Waals surface area contributed by atoms with Gasteiger partial charge in [0.1, 0.15) is 6.54 Å². The molecular formula is C19H22BrN3O6S2. The number of rotatable bonds is 7. The maximum absolute atomic E-state index is 12.7. The molecule has 12 heteroatoms. The first-order valence-electron chi connectivity index (χ1n) is 9.29. The number of hydrogen-bond acceptors (Lipinski definition) is 6. The lowest BCUT2D eigenvalue weighted by molar-refractivity contribution is -0.114. The largest absolute Gasteiger partial charge is 0.379 e. The van der Waals surface area contributed by atoms with Crippen LogP contribution in [0.3, 0.4) is 0 Å². The van der Waals surface area contributed by atoms with Crippen LogP contribution in [-0.4, -0.2) is 66.2 Å². The molecule has 0 aliphatic carbocycles. The number of halogens is 1. The molecule has 0 unspecified atom stereocenters. The third-order valence-corrected chi connectivity index (χ3v) is 8.31. The van der Waals surface area contributed by atoms with E-state index in [-0.39, 0.29) is 23.7 Å². The lowest BCUT2D eigenvalue weighted by Gasteiger charge is -2.26. The Morgan fingerprint density at radius 2 is 1.68 bits per heavy atom. The second kappa shape index (κ2) is 9.65. The van der Waals surface area contributed by atoms with Gasteiger partial charge in [0.15, 0.2) is 0 Å². The van der Waals surface area contributed by atoms with Gasteiger partial charge in [-0.05, 0) is 52.3 Å². The van der Waals surface area contributed by atoms with Crippen molar-refractivity contribution in [2.24, 2.45) is 0 Å². The van der Waals surface area contributed by atoms with E-state index in [0.29, 0.717) is 23.4 Å². The molecule has 1 amide bonds. The van der Waals surface area contributed by atoms with Gasteiger partial charge < -0.3 is 10.1 Å². The number of benzene rings is 2. The predicted molar refractivity (Wildman–Crippen MR) is 121 cm³/mol. The van der Waals surface area contributed by atoms with E-state index in [1.165, 1.54) is 28.6 Å². The minimum absolute atomic E-state index is 0.0456. The summed E-state index contributed by atoms with van der Waals surface area (Å²) in [6, 6.07) is 12.4. The molecule has 1 aliphatic heterocycles. The van der Waals surface area contributed by atoms with E-state index in [1.807, 2.05) is 0 Å². The van der Waals surface area contributed by atoms with Crippen molar-refractivity contribution < 1.29 is 26.4 Å². The number of hydrogen-bond donors (Lipinski definition) is 1. The van der Waals surface area contributed by atoms with Crippen LogP contribution in [0, 0.1) is 0 Å². The number of nitrogens with one attached hydrogen (secondary N) is 1. The molecule has 0 aromatic heterocycles. The van der Waals surface area contributed by atoms with Crippen molar-refractivity contribution in [3.05, 3.63) is 53.0 Å². The SMILES string of the molecule is CS(=O)(=O)N(CC(=O)Nc1ccccc1Br)c1ccc(S(=O)(=O)N2CCOCC2)cc1. The van der Waals surface area contributed by atoms with Gasteiger partial charge in [-0.25, -0.2) is 16.8 Å². The van der Waals surface area contributed by atoms with E-state index in [9.17, 15) is 21.6 Å². The number of morpholine rings is 1. The van der Waals surface area contributed by atoms with Crippen molar-refractivity contribution in [1.29, 1.82) is 0 Å². The van der Waals surface area contributed by atoms with Crippen molar-refractivity contribution in [1.82, 2.24) is 4.31 Å². The van der Waals surface area contributed by atoms with Crippen LogP contribution in [0.5, 0.6) is 0 Å². The Morgan fingerprint density at radius 1 is 1.06 bits per heavy atom. The van der Waals surface area contributed by atoms with Crippen LogP contribution < -0.4 is 9.62 Å². The van der Waals surface area contributed by atoms with Crippen LogP contribution in [0.15, 0.2) is 57.9 Å². The molecule has 168 valence electrons. The maximum atomic E-state index is 12.7. The van der Waals surface area contributed by atoms with E-state index in [1.54, 1.807) is 24.3 Å². The number of nitrogens with zero attached hydrogens (tertiary/aromatic N) is 2. The molecule has 1 heterocycles. The minimum Gasteiger partial charge on any atom is -0.379 e. The van der Waals surface area contributed by atoms with Crippen molar-refractivity contribution >= 4 is 53.3 Å². The quantitative estimate of drug-likeness (QED) is 0.583. The molecule has 1 fully saturated rings. The summed E-state index contributed by atoms with van der Waals surface area (Å²) >= 11 is 3.32. The van der Waals surface area contributed by atoms with Gasteiger partial charge in [0, 0.05) is 17.6 Å². The molecule has 0 bridgehead atoms. The van der Waals surface area contributed by atoms with Crippen molar-refractivity contribution in [2.45, 2.75) is 4.90 Å². The van der Waals surface area contributed by atoms with Gasteiger partial charge in [0.25, 0.3) is 0 Å². The number of para-hydroxylation sites is 1. The average molecular weight is 532 g/mol. The zero-order chi connectivity index (χ0) is 22.6. The second-order valence-corrected chi connectivity index (χ2v) is 11.5. The van der Waals surface area contributed by atoms with Gasteiger partial charge >= 0.3 is 0 Å². The van der Waals surface area contributed by atoms with Gasteiger partial charge in [0.2, 0.25) is 26.0 Å². The third kappa shape index (κ3) is 5.83. The molecule has 1 N–H and O–H groups in total. The molecule has 3 rings (SSSR count). The molecule has 31 heavy (non-hydrogen) atoms. The van der Waals surface area contributed by atoms with Crippen molar-refractivity contribution in [3.8, 4) is 0 Å². The fourth-order valence-electron chi connectivity index (χ4n) is 3.00. The van der Waals surface area contributed by atoms with E-state index >= 15 is 0 Å². The van der Waals surface area contributed by atoms with Crippen LogP contribution in [0.4, 0.5) is 11.4 Å². The maximum Gasteiger partial charge on any atom is 0.245 e. The smallest absolute Gasteiger partial charge is 0.245 e. The fourth-order valence-corrected chi connectivity index (χ4v) is 5.65. The molecule has 9 nitrogen and oxygen atoms in total. The second-order valence-electron chi connectivity index (χ2n) is 6.81. The molecule has 1 aliphatic rings. The van der Waals surface area contributed by atoms with Gasteiger partial charge in [-0.1, -0.05) is 12.1 Å². The van der Waals surface area contributed by atoms with Crippen molar-refractivity contribution in [3.63, 3.8) is 0 Å². The Morgan fingerprint density at radius 3 is 2.26 bits per heavy atom. The number of sulfonamides is 2. The van der Waals surface area contributed by atoms with Crippen LogP contribution >= 0.6 is 15.9 Å². The highest BCUT2D eigenvalue weighted by Gasteiger charge is 2.27. The first-order valence-corrected chi connectivity index (χ1v) is 13.4. The lowest BCUT2D eigenvalue weighted by atomic mass is 10.3. The summed E-state index contributed by atoms with van der Waals surface area (Å²) in [5.41, 5.74) is 0.693. The van der Waals surface area contributed by atoms with Gasteiger partial charge in [-0.15, -0.1) is 0 Å². The average Bonchev–Trinajstić information content (AvgIpc) is 2.74. The summed E-state index contributed by atoms with van der Waals surface area (Å²) in [6.45, 7) is 0.705. The topological polar surface area (TPSA) is 113 Å². The standard InChI is InChI=1S/C19H22BrN3O6S2/c1-30(25,26)23(14-19(24)21-18-5-3-2-4-17(18)20)15-6-8-16(9-7-15)31(27,28)22-10-12-29-13-11-22/h2-9H,10-14H2,1H3,(H,21,24). The number of carbonyl (C=O) groups excluding carboxylic acids is 1. The molecule has 0 radical (unpaired) electrons. The van der Waals surface area contributed by atoms with Crippen LogP contribution in [-0.2, 0) is 29.6 Å². The van der Waals surface area contributed by atoms with E-state index in [0.717, 1.165) is 10.6 Å². The normalized spacial score (nSPS) is 15.4. The first-order chi connectivity index (χ1) is 14.6. The first kappa shape index (κ1) is 23.7. The highest BCUT2D eigenvalue weighted by atomic mass is 79.9. The number of anilines is 2. The fraction of sp³-hybridized carbons (Fsp3) is 0.316. The van der Waals surface area contributed by atoms with E-state index in [4.69, 9.17) is 4.74 Å². The molecule has 1 saturated heterocycles. The molecular weight excluding hydrogens is 510 g/mol. The zero-order valence-electron chi connectivity index (χ0n) is 16.7. The summed E-state index contributed by atoms with van der Waals surface area (Å²) < 4.78 is 58.2. The van der Waals surface area contributed by atoms with Gasteiger partial charge in [0.05, 0.1) is 35.7 Å².